The van der Waals surface area contributed by atoms with Crippen molar-refractivity contribution in [1.82, 2.24) is 19.8 Å². The summed E-state index contributed by atoms with van der Waals surface area (Å²) in [4.78, 5) is 8.90. The zero-order valence-electron chi connectivity index (χ0n) is 13.2. The molecule has 1 aromatic rings. The van der Waals surface area contributed by atoms with E-state index in [9.17, 15) is 21.6 Å². The highest BCUT2D eigenvalue weighted by molar-refractivity contribution is 7.90. The van der Waals surface area contributed by atoms with E-state index < -0.39 is 22.2 Å². The van der Waals surface area contributed by atoms with Gasteiger partial charge in [-0.1, -0.05) is 0 Å². The summed E-state index contributed by atoms with van der Waals surface area (Å²) >= 11 is 0. The minimum absolute atomic E-state index is 0.137. The molecule has 2 heterocycles. The molecule has 0 saturated heterocycles. The Morgan fingerprint density at radius 1 is 1.44 bits per heavy atom. The highest BCUT2D eigenvalue weighted by Gasteiger charge is 2.38. The molecular formula is C13H19F3N4O4S. The molecule has 0 amide bonds. The van der Waals surface area contributed by atoms with Crippen molar-refractivity contribution in [3.05, 3.63) is 18.0 Å². The van der Waals surface area contributed by atoms with Crippen molar-refractivity contribution >= 4 is 16.0 Å². The van der Waals surface area contributed by atoms with E-state index >= 15 is 0 Å². The van der Waals surface area contributed by atoms with E-state index in [2.05, 4.69) is 15.1 Å². The third kappa shape index (κ3) is 5.68. The molecule has 1 aromatic heterocycles. The first-order chi connectivity index (χ1) is 11.6. The van der Waals surface area contributed by atoms with Crippen molar-refractivity contribution in [2.75, 3.05) is 13.1 Å². The quantitative estimate of drug-likeness (QED) is 0.686. The molecule has 25 heavy (non-hydrogen) atoms. The lowest BCUT2D eigenvalue weighted by Gasteiger charge is -2.25. The number of carbonyl (C=O) groups is 1. The topological polar surface area (TPSA) is 113 Å². The van der Waals surface area contributed by atoms with Crippen LogP contribution >= 0.6 is 0 Å². The van der Waals surface area contributed by atoms with Crippen LogP contribution in [-0.2, 0) is 21.4 Å². The maximum absolute atomic E-state index is 11.7. The monoisotopic (exact) mass is 384 g/mol. The molecule has 2 aliphatic rings. The fourth-order valence-electron chi connectivity index (χ4n) is 2.35. The predicted molar refractivity (Wildman–Crippen MR) is 81.2 cm³/mol. The molecule has 1 aliphatic heterocycles. The number of aliphatic carboxylic acids is 1. The molecule has 1 unspecified atom stereocenters. The Kier molecular flexibility index (Phi) is 6.06. The molecule has 142 valence electrons. The van der Waals surface area contributed by atoms with E-state index in [1.54, 1.807) is 6.20 Å². The van der Waals surface area contributed by atoms with Crippen LogP contribution in [0.15, 0.2) is 12.3 Å². The van der Waals surface area contributed by atoms with Crippen LogP contribution in [0.1, 0.15) is 31.0 Å². The van der Waals surface area contributed by atoms with Gasteiger partial charge in [0.15, 0.2) is 0 Å². The summed E-state index contributed by atoms with van der Waals surface area (Å²) in [6.45, 7) is 2.18. The third-order valence-corrected chi connectivity index (χ3v) is 5.73. The standard InChI is InChI=1S/C11H18N4O2S.C2HF3O2/c16-18(17,11-1-2-11)14-6-4-10-8-12-7-9-3-5-13-15(9)10;3-2(4,5)1(6)7/h3,5,10-12,14H,1-2,4,6-8H2;(H,6,7). The molecular weight excluding hydrogens is 365 g/mol. The predicted octanol–water partition coefficient (Wildman–Crippen LogP) is 0.633. The van der Waals surface area contributed by atoms with Gasteiger partial charge in [0.25, 0.3) is 0 Å². The Labute approximate surface area is 142 Å². The highest BCUT2D eigenvalue weighted by atomic mass is 32.2. The molecule has 3 rings (SSSR count). The van der Waals surface area contributed by atoms with Crippen molar-refractivity contribution < 1.29 is 31.5 Å². The minimum Gasteiger partial charge on any atom is -0.475 e. The maximum Gasteiger partial charge on any atom is 0.490 e. The summed E-state index contributed by atoms with van der Waals surface area (Å²) in [5.41, 5.74) is 1.16. The number of fused-ring (bicyclic) bond motifs is 1. The van der Waals surface area contributed by atoms with Gasteiger partial charge >= 0.3 is 12.1 Å². The lowest BCUT2D eigenvalue weighted by Crippen LogP contribution is -2.36. The average molecular weight is 384 g/mol. The SMILES string of the molecule is O=C(O)C(F)(F)F.O=S(=O)(NCCC1CNCc2ccnn21)C1CC1. The van der Waals surface area contributed by atoms with Gasteiger partial charge < -0.3 is 10.4 Å². The molecule has 0 bridgehead atoms. The van der Waals surface area contributed by atoms with Crippen LogP contribution in [0.5, 0.6) is 0 Å². The van der Waals surface area contributed by atoms with Gasteiger partial charge in [-0.05, 0) is 25.3 Å². The summed E-state index contributed by atoms with van der Waals surface area (Å²) in [5.74, 6) is -2.76. The van der Waals surface area contributed by atoms with Gasteiger partial charge in [0.2, 0.25) is 10.0 Å². The fourth-order valence-corrected chi connectivity index (χ4v) is 3.75. The van der Waals surface area contributed by atoms with Crippen LogP contribution in [0, 0.1) is 0 Å². The summed E-state index contributed by atoms with van der Waals surface area (Å²) in [6.07, 6.45) is -0.898. The Morgan fingerprint density at radius 2 is 2.08 bits per heavy atom. The number of aromatic nitrogens is 2. The number of carboxylic acid groups (broad SMARTS) is 1. The molecule has 3 N–H and O–H groups in total. The molecule has 0 aromatic carbocycles. The maximum atomic E-state index is 11.7. The van der Waals surface area contributed by atoms with Crippen LogP contribution in [0.25, 0.3) is 0 Å². The van der Waals surface area contributed by atoms with Crippen LogP contribution in [0.3, 0.4) is 0 Å². The minimum atomic E-state index is -5.08. The number of alkyl halides is 3. The second-order valence-corrected chi connectivity index (χ2v) is 7.83. The lowest BCUT2D eigenvalue weighted by molar-refractivity contribution is -0.192. The molecule has 1 atom stereocenters. The summed E-state index contributed by atoms with van der Waals surface area (Å²) in [5, 5.41) is 14.6. The van der Waals surface area contributed by atoms with Gasteiger partial charge in [-0.15, -0.1) is 0 Å². The Hall–Kier alpha value is -1.66. The number of halogens is 3. The van der Waals surface area contributed by atoms with Crippen LogP contribution < -0.4 is 10.0 Å². The van der Waals surface area contributed by atoms with E-state index in [-0.39, 0.29) is 11.3 Å². The highest BCUT2D eigenvalue weighted by Crippen LogP contribution is 2.27. The van der Waals surface area contributed by atoms with E-state index in [1.165, 1.54) is 0 Å². The van der Waals surface area contributed by atoms with Gasteiger partial charge in [0.05, 0.1) is 17.0 Å². The number of nitrogens with one attached hydrogen (secondary N) is 2. The zero-order chi connectivity index (χ0) is 18.7. The molecule has 12 heteroatoms. The summed E-state index contributed by atoms with van der Waals surface area (Å²) in [6, 6.07) is 2.23. The van der Waals surface area contributed by atoms with Crippen LogP contribution in [0.4, 0.5) is 13.2 Å². The van der Waals surface area contributed by atoms with Crippen LogP contribution in [0.2, 0.25) is 0 Å². The van der Waals surface area contributed by atoms with E-state index in [4.69, 9.17) is 9.90 Å². The number of sulfonamides is 1. The number of rotatable bonds is 5. The Morgan fingerprint density at radius 3 is 2.64 bits per heavy atom. The lowest BCUT2D eigenvalue weighted by atomic mass is 10.1. The first-order valence-corrected chi connectivity index (χ1v) is 9.17. The van der Waals surface area contributed by atoms with Gasteiger partial charge in [-0.25, -0.2) is 17.9 Å². The zero-order valence-corrected chi connectivity index (χ0v) is 14.0. The molecule has 8 nitrogen and oxygen atoms in total. The average Bonchev–Trinajstić information content (AvgIpc) is 3.26. The Bertz CT molecular complexity index is 700. The van der Waals surface area contributed by atoms with Crippen molar-refractivity contribution in [3.63, 3.8) is 0 Å². The first-order valence-electron chi connectivity index (χ1n) is 7.63. The molecule has 1 saturated carbocycles. The van der Waals surface area contributed by atoms with Crippen molar-refractivity contribution in [2.45, 2.75) is 43.3 Å². The second-order valence-electron chi connectivity index (χ2n) is 5.78. The number of hydrogen-bond acceptors (Lipinski definition) is 5. The molecule has 0 spiro atoms. The van der Waals surface area contributed by atoms with Gasteiger partial charge in [0, 0.05) is 25.8 Å². The van der Waals surface area contributed by atoms with E-state index in [0.29, 0.717) is 6.54 Å². The van der Waals surface area contributed by atoms with Crippen LogP contribution in [-0.4, -0.2) is 53.8 Å². The molecule has 1 aliphatic carbocycles. The summed E-state index contributed by atoms with van der Waals surface area (Å²) < 4.78 is 59.8. The molecule has 0 radical (unpaired) electrons. The van der Waals surface area contributed by atoms with Crippen molar-refractivity contribution in [3.8, 4) is 0 Å². The smallest absolute Gasteiger partial charge is 0.475 e. The van der Waals surface area contributed by atoms with E-state index in [0.717, 1.165) is 38.0 Å². The summed E-state index contributed by atoms with van der Waals surface area (Å²) in [7, 11) is -3.05. The number of nitrogens with zero attached hydrogens (tertiary/aromatic N) is 2. The number of hydrogen-bond donors (Lipinski definition) is 3. The van der Waals surface area contributed by atoms with E-state index in [1.807, 2.05) is 10.7 Å². The normalized spacial score (nSPS) is 20.4. The van der Waals surface area contributed by atoms with Gasteiger partial charge in [-0.3, -0.25) is 4.68 Å². The molecule has 1 fully saturated rings. The van der Waals surface area contributed by atoms with Crippen molar-refractivity contribution in [2.24, 2.45) is 0 Å². The van der Waals surface area contributed by atoms with Gasteiger partial charge in [0.1, 0.15) is 0 Å². The van der Waals surface area contributed by atoms with Gasteiger partial charge in [-0.2, -0.15) is 18.3 Å². The fraction of sp³-hybridized carbons (Fsp3) is 0.692. The number of carboxylic acids is 1. The first kappa shape index (κ1) is 19.7. The third-order valence-electron chi connectivity index (χ3n) is 3.77. The van der Waals surface area contributed by atoms with Crippen molar-refractivity contribution in [1.29, 1.82) is 0 Å². The Balaban J connectivity index is 0.000000277. The second kappa shape index (κ2) is 7.70. The largest absolute Gasteiger partial charge is 0.490 e.